The molecule has 0 fully saturated rings. The number of carbonyl (C=O) groups excluding carboxylic acids is 2. The number of anilines is 1. The standard InChI is InChI=1S/C29H34ClN3O5S/c1-4-5-19-31-29(35)22(2)32(20-23-11-9-10-14-27(23)30)28(34)21-33(24-15-17-25(38-3)18-16-24)39(36,37)26-12-7-6-8-13-26/h6-18,22H,4-5,19-21H2,1-3H3,(H,31,35)/t22-/m1/s1. The molecule has 3 aromatic rings. The van der Waals surface area contributed by atoms with Crippen LogP contribution in [-0.2, 0) is 26.2 Å². The SMILES string of the molecule is CCCCNC(=O)[C@@H](C)N(Cc1ccccc1Cl)C(=O)CN(c1ccc(OC)cc1)S(=O)(=O)c1ccccc1. The van der Waals surface area contributed by atoms with Gasteiger partial charge in [-0.2, -0.15) is 0 Å². The quantitative estimate of drug-likeness (QED) is 0.295. The van der Waals surface area contributed by atoms with Gasteiger partial charge in [0.1, 0.15) is 18.3 Å². The van der Waals surface area contributed by atoms with Gasteiger partial charge in [0.05, 0.1) is 17.7 Å². The Morgan fingerprint density at radius 3 is 2.23 bits per heavy atom. The Morgan fingerprint density at radius 2 is 1.62 bits per heavy atom. The van der Waals surface area contributed by atoms with Gasteiger partial charge in [-0.3, -0.25) is 13.9 Å². The summed E-state index contributed by atoms with van der Waals surface area (Å²) in [6.45, 7) is 3.63. The molecule has 0 saturated carbocycles. The monoisotopic (exact) mass is 571 g/mol. The zero-order valence-corrected chi connectivity index (χ0v) is 23.9. The van der Waals surface area contributed by atoms with Crippen molar-refractivity contribution in [3.05, 3.63) is 89.4 Å². The van der Waals surface area contributed by atoms with Crippen LogP contribution >= 0.6 is 11.6 Å². The highest BCUT2D eigenvalue weighted by atomic mass is 35.5. The second-order valence-corrected chi connectivity index (χ2v) is 11.2. The lowest BCUT2D eigenvalue weighted by molar-refractivity contribution is -0.139. The summed E-state index contributed by atoms with van der Waals surface area (Å²) in [5.41, 5.74) is 0.924. The van der Waals surface area contributed by atoms with E-state index in [1.807, 2.05) is 6.92 Å². The lowest BCUT2D eigenvalue weighted by Crippen LogP contribution is -2.51. The van der Waals surface area contributed by atoms with Gasteiger partial charge >= 0.3 is 0 Å². The average Bonchev–Trinajstić information content (AvgIpc) is 2.95. The maximum absolute atomic E-state index is 13.9. The van der Waals surface area contributed by atoms with E-state index in [1.165, 1.54) is 24.1 Å². The van der Waals surface area contributed by atoms with Crippen LogP contribution in [0.5, 0.6) is 5.75 Å². The molecule has 0 saturated heterocycles. The number of hydrogen-bond acceptors (Lipinski definition) is 5. The summed E-state index contributed by atoms with van der Waals surface area (Å²) in [5.74, 6) is -0.339. The van der Waals surface area contributed by atoms with Gasteiger partial charge in [0.2, 0.25) is 11.8 Å². The Balaban J connectivity index is 2.00. The van der Waals surface area contributed by atoms with Crippen molar-refractivity contribution in [2.45, 2.75) is 44.2 Å². The van der Waals surface area contributed by atoms with Gasteiger partial charge in [0.25, 0.3) is 10.0 Å². The fourth-order valence-corrected chi connectivity index (χ4v) is 5.56. The van der Waals surface area contributed by atoms with Gasteiger partial charge in [-0.05, 0) is 61.4 Å². The number of nitrogens with zero attached hydrogens (tertiary/aromatic N) is 2. The fourth-order valence-electron chi connectivity index (χ4n) is 3.93. The first-order valence-electron chi connectivity index (χ1n) is 12.7. The molecule has 0 unspecified atom stereocenters. The first kappa shape index (κ1) is 30.0. The summed E-state index contributed by atoms with van der Waals surface area (Å²) in [6, 6.07) is 20.5. The van der Waals surface area contributed by atoms with Gasteiger partial charge in [-0.1, -0.05) is 61.3 Å². The minimum atomic E-state index is -4.13. The molecule has 0 aromatic heterocycles. The van der Waals surface area contributed by atoms with Crippen LogP contribution in [0.4, 0.5) is 5.69 Å². The van der Waals surface area contributed by atoms with Crippen molar-refractivity contribution < 1.29 is 22.7 Å². The van der Waals surface area contributed by atoms with Crippen molar-refractivity contribution >= 4 is 39.1 Å². The van der Waals surface area contributed by atoms with E-state index >= 15 is 0 Å². The molecule has 0 spiro atoms. The number of sulfonamides is 1. The molecular weight excluding hydrogens is 538 g/mol. The predicted molar refractivity (Wildman–Crippen MR) is 153 cm³/mol. The topological polar surface area (TPSA) is 96.0 Å². The van der Waals surface area contributed by atoms with E-state index in [9.17, 15) is 18.0 Å². The Hall–Kier alpha value is -3.56. The molecule has 0 aliphatic carbocycles. The molecule has 0 heterocycles. The lowest BCUT2D eigenvalue weighted by atomic mass is 10.1. The maximum atomic E-state index is 13.9. The number of halogens is 1. The van der Waals surface area contributed by atoms with E-state index in [2.05, 4.69) is 5.32 Å². The summed E-state index contributed by atoms with van der Waals surface area (Å²) < 4.78 is 33.8. The Kier molecular flexibility index (Phi) is 10.8. The molecule has 0 radical (unpaired) electrons. The third-order valence-corrected chi connectivity index (χ3v) is 8.42. The van der Waals surface area contributed by atoms with Crippen molar-refractivity contribution in [2.75, 3.05) is 24.5 Å². The Labute approximate surface area is 235 Å². The molecule has 39 heavy (non-hydrogen) atoms. The molecule has 3 aromatic carbocycles. The number of ether oxygens (including phenoxy) is 1. The van der Waals surface area contributed by atoms with Crippen LogP contribution in [0, 0.1) is 0 Å². The van der Waals surface area contributed by atoms with E-state index in [4.69, 9.17) is 16.3 Å². The van der Waals surface area contributed by atoms with Crippen molar-refractivity contribution in [1.29, 1.82) is 0 Å². The van der Waals surface area contributed by atoms with Crippen LogP contribution in [0.1, 0.15) is 32.3 Å². The van der Waals surface area contributed by atoms with Gasteiger partial charge in [0, 0.05) is 18.1 Å². The van der Waals surface area contributed by atoms with Gasteiger partial charge < -0.3 is 15.0 Å². The molecule has 0 bridgehead atoms. The van der Waals surface area contributed by atoms with Crippen LogP contribution in [0.2, 0.25) is 5.02 Å². The normalized spacial score (nSPS) is 11.9. The molecular formula is C29H34ClN3O5S. The number of hydrogen-bond donors (Lipinski definition) is 1. The summed E-state index contributed by atoms with van der Waals surface area (Å²) in [6.07, 6.45) is 1.71. The van der Waals surface area contributed by atoms with E-state index in [0.29, 0.717) is 22.9 Å². The highest BCUT2D eigenvalue weighted by molar-refractivity contribution is 7.92. The highest BCUT2D eigenvalue weighted by Crippen LogP contribution is 2.27. The third kappa shape index (κ3) is 7.74. The van der Waals surface area contributed by atoms with E-state index < -0.39 is 28.5 Å². The number of methoxy groups -OCH3 is 1. The minimum absolute atomic E-state index is 0.0305. The van der Waals surface area contributed by atoms with Crippen LogP contribution in [0.25, 0.3) is 0 Å². The summed E-state index contributed by atoms with van der Waals surface area (Å²) >= 11 is 6.39. The van der Waals surface area contributed by atoms with Gasteiger partial charge in [-0.15, -0.1) is 0 Å². The van der Waals surface area contributed by atoms with E-state index in [-0.39, 0.29) is 23.0 Å². The zero-order valence-electron chi connectivity index (χ0n) is 22.3. The van der Waals surface area contributed by atoms with Crippen molar-refractivity contribution in [1.82, 2.24) is 10.2 Å². The molecule has 0 aliphatic rings. The number of carbonyl (C=O) groups is 2. The van der Waals surface area contributed by atoms with E-state index in [0.717, 1.165) is 17.1 Å². The largest absolute Gasteiger partial charge is 0.497 e. The first-order valence-corrected chi connectivity index (χ1v) is 14.5. The number of nitrogens with one attached hydrogen (secondary N) is 1. The Bertz CT molecular complexity index is 1350. The maximum Gasteiger partial charge on any atom is 0.264 e. The summed E-state index contributed by atoms with van der Waals surface area (Å²) in [5, 5.41) is 3.30. The molecule has 208 valence electrons. The fraction of sp³-hybridized carbons (Fsp3) is 0.310. The third-order valence-electron chi connectivity index (χ3n) is 6.27. The molecule has 0 aliphatic heterocycles. The number of benzene rings is 3. The summed E-state index contributed by atoms with van der Waals surface area (Å²) in [4.78, 5) is 28.3. The van der Waals surface area contributed by atoms with Crippen LogP contribution in [0.3, 0.4) is 0 Å². The molecule has 1 N–H and O–H groups in total. The number of rotatable bonds is 13. The molecule has 3 rings (SSSR count). The van der Waals surface area contributed by atoms with Crippen LogP contribution in [0.15, 0.2) is 83.8 Å². The molecule has 8 nitrogen and oxygen atoms in total. The Morgan fingerprint density at radius 1 is 0.974 bits per heavy atom. The zero-order chi connectivity index (χ0) is 28.4. The number of amides is 2. The first-order chi connectivity index (χ1) is 18.7. The van der Waals surface area contributed by atoms with E-state index in [1.54, 1.807) is 73.7 Å². The van der Waals surface area contributed by atoms with Crippen LogP contribution in [-0.4, -0.2) is 51.4 Å². The minimum Gasteiger partial charge on any atom is -0.497 e. The second-order valence-electron chi connectivity index (χ2n) is 8.96. The highest BCUT2D eigenvalue weighted by Gasteiger charge is 2.32. The van der Waals surface area contributed by atoms with Crippen LogP contribution < -0.4 is 14.4 Å². The average molecular weight is 572 g/mol. The number of unbranched alkanes of at least 4 members (excludes halogenated alkanes) is 1. The van der Waals surface area contributed by atoms with Gasteiger partial charge in [-0.25, -0.2) is 8.42 Å². The van der Waals surface area contributed by atoms with Crippen molar-refractivity contribution in [2.24, 2.45) is 0 Å². The molecule has 2 amide bonds. The molecule has 10 heteroatoms. The molecule has 1 atom stereocenters. The lowest BCUT2D eigenvalue weighted by Gasteiger charge is -2.32. The van der Waals surface area contributed by atoms with Gasteiger partial charge in [0.15, 0.2) is 0 Å². The summed E-state index contributed by atoms with van der Waals surface area (Å²) in [7, 11) is -2.62. The predicted octanol–water partition coefficient (Wildman–Crippen LogP) is 4.88. The van der Waals surface area contributed by atoms with Crippen molar-refractivity contribution in [3.8, 4) is 5.75 Å². The second kappa shape index (κ2) is 14.0. The van der Waals surface area contributed by atoms with Crippen molar-refractivity contribution in [3.63, 3.8) is 0 Å². The smallest absolute Gasteiger partial charge is 0.264 e.